The number of hydrogen-bond acceptors (Lipinski definition) is 5. The molecule has 0 aliphatic rings. The van der Waals surface area contributed by atoms with Gasteiger partial charge in [0.1, 0.15) is 21.7 Å². The molecule has 3 N–H and O–H groups in total. The van der Waals surface area contributed by atoms with Crippen LogP contribution < -0.4 is 5.32 Å². The first kappa shape index (κ1) is 22.3. The van der Waals surface area contributed by atoms with Gasteiger partial charge in [-0.1, -0.05) is 24.3 Å². The van der Waals surface area contributed by atoms with Gasteiger partial charge in [-0.2, -0.15) is 13.2 Å². The number of carboxylic acid groups (broad SMARTS) is 1. The summed E-state index contributed by atoms with van der Waals surface area (Å²) in [6, 6.07) is 9.14. The summed E-state index contributed by atoms with van der Waals surface area (Å²) < 4.78 is 38.2. The number of alkyl halides is 3. The van der Waals surface area contributed by atoms with Crippen molar-refractivity contribution in [3.63, 3.8) is 0 Å². The van der Waals surface area contributed by atoms with E-state index in [1.807, 2.05) is 0 Å². The van der Waals surface area contributed by atoms with Crippen molar-refractivity contribution >= 4 is 23.2 Å². The number of aliphatic carboxylic acids is 1. The number of thiazole rings is 1. The van der Waals surface area contributed by atoms with E-state index in [9.17, 15) is 33.0 Å². The summed E-state index contributed by atoms with van der Waals surface area (Å²) in [5.41, 5.74) is 0.572. The lowest BCUT2D eigenvalue weighted by atomic mass is 10.1. The Morgan fingerprint density at radius 3 is 2.26 bits per heavy atom. The molecule has 0 saturated heterocycles. The maximum atomic E-state index is 12.7. The lowest BCUT2D eigenvalue weighted by Gasteiger charge is -2.14. The van der Waals surface area contributed by atoms with Crippen molar-refractivity contribution in [3.8, 4) is 16.3 Å². The van der Waals surface area contributed by atoms with E-state index < -0.39 is 29.7 Å². The number of hydrogen-bond donors (Lipinski definition) is 3. The molecule has 3 rings (SSSR count). The van der Waals surface area contributed by atoms with Crippen LogP contribution in [0.25, 0.3) is 10.6 Å². The molecule has 0 radical (unpaired) electrons. The van der Waals surface area contributed by atoms with Crippen LogP contribution in [0.2, 0.25) is 0 Å². The van der Waals surface area contributed by atoms with Crippen LogP contribution in [0.5, 0.6) is 5.75 Å². The van der Waals surface area contributed by atoms with Gasteiger partial charge < -0.3 is 15.5 Å². The van der Waals surface area contributed by atoms with Crippen LogP contribution in [0.4, 0.5) is 13.2 Å². The van der Waals surface area contributed by atoms with E-state index in [0.29, 0.717) is 21.8 Å². The molecule has 0 unspecified atom stereocenters. The summed E-state index contributed by atoms with van der Waals surface area (Å²) in [6.45, 7) is 1.56. The van der Waals surface area contributed by atoms with Gasteiger partial charge in [-0.05, 0) is 36.8 Å². The van der Waals surface area contributed by atoms with Crippen LogP contribution in [0.3, 0.4) is 0 Å². The summed E-state index contributed by atoms with van der Waals surface area (Å²) in [5.74, 6) is -1.83. The lowest BCUT2D eigenvalue weighted by Crippen LogP contribution is -2.42. The fourth-order valence-electron chi connectivity index (χ4n) is 2.82. The zero-order chi connectivity index (χ0) is 22.8. The Kier molecular flexibility index (Phi) is 6.30. The van der Waals surface area contributed by atoms with Crippen molar-refractivity contribution in [1.82, 2.24) is 10.3 Å². The van der Waals surface area contributed by atoms with Crippen LogP contribution in [0.15, 0.2) is 48.5 Å². The highest BCUT2D eigenvalue weighted by Crippen LogP contribution is 2.33. The van der Waals surface area contributed by atoms with Crippen molar-refractivity contribution in [1.29, 1.82) is 0 Å². The third-order valence-corrected chi connectivity index (χ3v) is 5.65. The van der Waals surface area contributed by atoms with E-state index in [1.165, 1.54) is 24.3 Å². The Labute approximate surface area is 179 Å². The highest BCUT2D eigenvalue weighted by atomic mass is 32.1. The number of aromatic nitrogens is 1. The van der Waals surface area contributed by atoms with Crippen LogP contribution in [-0.2, 0) is 17.4 Å². The Morgan fingerprint density at radius 1 is 1.10 bits per heavy atom. The average Bonchev–Trinajstić information content (AvgIpc) is 3.10. The van der Waals surface area contributed by atoms with Crippen molar-refractivity contribution in [2.45, 2.75) is 25.6 Å². The molecule has 0 bridgehead atoms. The number of rotatable bonds is 6. The zero-order valence-electron chi connectivity index (χ0n) is 16.1. The van der Waals surface area contributed by atoms with Gasteiger partial charge in [-0.3, -0.25) is 4.79 Å². The quantitative estimate of drug-likeness (QED) is 0.521. The predicted molar refractivity (Wildman–Crippen MR) is 108 cm³/mol. The summed E-state index contributed by atoms with van der Waals surface area (Å²) in [6.07, 6.45) is -4.45. The van der Waals surface area contributed by atoms with E-state index in [0.717, 1.165) is 23.5 Å². The zero-order valence-corrected chi connectivity index (χ0v) is 16.9. The molecule has 0 saturated carbocycles. The van der Waals surface area contributed by atoms with Crippen LogP contribution in [0.1, 0.15) is 26.5 Å². The molecule has 10 heteroatoms. The van der Waals surface area contributed by atoms with E-state index in [-0.39, 0.29) is 17.0 Å². The summed E-state index contributed by atoms with van der Waals surface area (Å²) in [5, 5.41) is 21.6. The first-order chi connectivity index (χ1) is 14.5. The van der Waals surface area contributed by atoms with E-state index in [1.54, 1.807) is 19.1 Å². The molecule has 1 amide bonds. The topological polar surface area (TPSA) is 99.5 Å². The number of amides is 1. The maximum Gasteiger partial charge on any atom is 0.416 e. The molecule has 2 aromatic carbocycles. The molecule has 162 valence electrons. The second-order valence-corrected chi connectivity index (χ2v) is 7.74. The minimum Gasteiger partial charge on any atom is -0.508 e. The molecule has 1 heterocycles. The minimum absolute atomic E-state index is 0.00493. The van der Waals surface area contributed by atoms with Crippen LogP contribution in [0, 0.1) is 6.92 Å². The fourth-order valence-corrected chi connectivity index (χ4v) is 3.80. The Bertz CT molecular complexity index is 1090. The molecule has 0 fully saturated rings. The largest absolute Gasteiger partial charge is 0.508 e. The Hall–Kier alpha value is -3.40. The molecule has 31 heavy (non-hydrogen) atoms. The second kappa shape index (κ2) is 8.76. The number of carbonyl (C=O) groups excluding carboxylic acids is 1. The average molecular weight is 450 g/mol. The molecule has 1 aromatic heterocycles. The number of carbonyl (C=O) groups is 2. The standard InChI is InChI=1S/C21H17F3N2O4S/c1-11-17(31-19(25-11)13-4-6-14(7-5-13)21(22,23)24)18(28)26-16(20(29)30)10-12-2-8-15(27)9-3-12/h2-9,16,27H,10H2,1H3,(H,26,28)(H,29,30)/t16-/m0/s1. The third kappa shape index (κ3) is 5.40. The fraction of sp³-hybridized carbons (Fsp3) is 0.190. The van der Waals surface area contributed by atoms with Crippen molar-refractivity contribution < 1.29 is 33.0 Å². The van der Waals surface area contributed by atoms with E-state index >= 15 is 0 Å². The van der Waals surface area contributed by atoms with Gasteiger partial charge in [0.05, 0.1) is 11.3 Å². The van der Waals surface area contributed by atoms with Crippen molar-refractivity contribution in [2.24, 2.45) is 0 Å². The van der Waals surface area contributed by atoms with Gasteiger partial charge in [-0.25, -0.2) is 9.78 Å². The minimum atomic E-state index is -4.45. The first-order valence-electron chi connectivity index (χ1n) is 9.01. The van der Waals surface area contributed by atoms with Crippen molar-refractivity contribution in [2.75, 3.05) is 0 Å². The smallest absolute Gasteiger partial charge is 0.416 e. The first-order valence-corrected chi connectivity index (χ1v) is 9.83. The monoisotopic (exact) mass is 450 g/mol. The second-order valence-electron chi connectivity index (χ2n) is 6.74. The molecule has 0 aliphatic carbocycles. The highest BCUT2D eigenvalue weighted by Gasteiger charge is 2.30. The third-order valence-electron chi connectivity index (χ3n) is 4.44. The van der Waals surface area contributed by atoms with Gasteiger partial charge in [0.25, 0.3) is 5.91 Å². The van der Waals surface area contributed by atoms with Crippen molar-refractivity contribution in [3.05, 3.63) is 70.2 Å². The summed E-state index contributed by atoms with van der Waals surface area (Å²) in [7, 11) is 0. The number of nitrogens with one attached hydrogen (secondary N) is 1. The number of halogens is 3. The molecule has 3 aromatic rings. The SMILES string of the molecule is Cc1nc(-c2ccc(C(F)(F)F)cc2)sc1C(=O)N[C@@H](Cc1ccc(O)cc1)C(=O)O. The van der Waals surface area contributed by atoms with Crippen LogP contribution in [-0.4, -0.2) is 33.1 Å². The molecular weight excluding hydrogens is 433 g/mol. The van der Waals surface area contributed by atoms with Gasteiger partial charge in [0.2, 0.25) is 0 Å². The van der Waals surface area contributed by atoms with E-state index in [2.05, 4.69) is 10.3 Å². The number of aromatic hydroxyl groups is 1. The molecule has 6 nitrogen and oxygen atoms in total. The lowest BCUT2D eigenvalue weighted by molar-refractivity contribution is -0.139. The predicted octanol–water partition coefficient (Wildman–Crippen LogP) is 4.27. The van der Waals surface area contributed by atoms with Gasteiger partial charge in [-0.15, -0.1) is 11.3 Å². The maximum absolute atomic E-state index is 12.7. The van der Waals surface area contributed by atoms with Crippen LogP contribution >= 0.6 is 11.3 Å². The number of benzene rings is 2. The Balaban J connectivity index is 1.77. The Morgan fingerprint density at radius 2 is 1.71 bits per heavy atom. The summed E-state index contributed by atoms with van der Waals surface area (Å²) in [4.78, 5) is 28.7. The summed E-state index contributed by atoms with van der Waals surface area (Å²) >= 11 is 0.966. The number of carboxylic acids is 1. The molecule has 0 spiro atoms. The number of phenols is 1. The highest BCUT2D eigenvalue weighted by molar-refractivity contribution is 7.17. The molecule has 0 aliphatic heterocycles. The molecule has 1 atom stereocenters. The van der Waals surface area contributed by atoms with Gasteiger partial charge >= 0.3 is 12.1 Å². The number of aryl methyl sites for hydroxylation is 1. The number of phenolic OH excluding ortho intramolecular Hbond substituents is 1. The van der Waals surface area contributed by atoms with Gasteiger partial charge in [0, 0.05) is 12.0 Å². The van der Waals surface area contributed by atoms with Gasteiger partial charge in [0.15, 0.2) is 0 Å². The van der Waals surface area contributed by atoms with E-state index in [4.69, 9.17) is 0 Å². The molecular formula is C21H17F3N2O4S. The normalized spacial score (nSPS) is 12.4. The number of nitrogens with zero attached hydrogens (tertiary/aromatic N) is 1.